The van der Waals surface area contributed by atoms with Gasteiger partial charge in [0, 0.05) is 0 Å². The zero-order valence-corrected chi connectivity index (χ0v) is 14.5. The van der Waals surface area contributed by atoms with Crippen LogP contribution in [0.15, 0.2) is 0 Å². The maximum atomic E-state index is 2.57. The molecule has 0 saturated heterocycles. The average molecular weight is 278 g/mol. The van der Waals surface area contributed by atoms with Crippen LogP contribution in [-0.4, -0.2) is 7.85 Å². The summed E-state index contributed by atoms with van der Waals surface area (Å²) in [6.07, 6.45) is 25.2. The first-order valence-corrected chi connectivity index (χ1v) is 9.77. The van der Waals surface area contributed by atoms with Gasteiger partial charge in [0.15, 0.2) is 0 Å². The standard InChI is InChI=1S/C19H39B/c1-2-16-19(20)17-14-12-10-8-6-4-3-5-7-9-11-13-15-18-19/h2-18,20H2,1H3. The summed E-state index contributed by atoms with van der Waals surface area (Å²) in [5, 5.41) is 0.659. The van der Waals surface area contributed by atoms with Gasteiger partial charge in [0.2, 0.25) is 0 Å². The second kappa shape index (κ2) is 11.7. The Labute approximate surface area is 129 Å². The molecule has 0 nitrogen and oxygen atoms in total. The largest absolute Gasteiger partial charge is 0.109 e. The highest BCUT2D eigenvalue weighted by Crippen LogP contribution is 2.40. The summed E-state index contributed by atoms with van der Waals surface area (Å²) in [4.78, 5) is 0. The van der Waals surface area contributed by atoms with Crippen LogP contribution >= 0.6 is 0 Å². The van der Waals surface area contributed by atoms with E-state index in [4.69, 9.17) is 0 Å². The van der Waals surface area contributed by atoms with Crippen LogP contribution in [0, 0.1) is 0 Å². The van der Waals surface area contributed by atoms with E-state index in [1.165, 1.54) is 109 Å². The molecule has 0 heterocycles. The Bertz CT molecular complexity index is 196. The molecular formula is C19H39B. The van der Waals surface area contributed by atoms with Gasteiger partial charge in [-0.1, -0.05) is 121 Å². The molecule has 0 aromatic heterocycles. The molecule has 1 saturated carbocycles. The molecular weight excluding hydrogens is 239 g/mol. The van der Waals surface area contributed by atoms with Gasteiger partial charge < -0.3 is 0 Å². The minimum Gasteiger partial charge on any atom is -0.0654 e. The molecule has 0 N–H and O–H groups in total. The molecule has 20 heavy (non-hydrogen) atoms. The van der Waals surface area contributed by atoms with Crippen molar-refractivity contribution in [2.75, 3.05) is 0 Å². The van der Waals surface area contributed by atoms with E-state index in [9.17, 15) is 0 Å². The lowest BCUT2D eigenvalue weighted by molar-refractivity contribution is 0.395. The van der Waals surface area contributed by atoms with E-state index in [0.717, 1.165) is 0 Å². The Kier molecular flexibility index (Phi) is 10.6. The van der Waals surface area contributed by atoms with Gasteiger partial charge in [-0.15, -0.1) is 0 Å². The normalized spacial score (nSPS) is 24.2. The first kappa shape index (κ1) is 18.1. The monoisotopic (exact) mass is 278 g/mol. The van der Waals surface area contributed by atoms with Gasteiger partial charge in [0.05, 0.1) is 0 Å². The molecule has 1 heteroatoms. The van der Waals surface area contributed by atoms with Crippen LogP contribution in [0.2, 0.25) is 5.31 Å². The lowest BCUT2D eigenvalue weighted by Crippen LogP contribution is -2.13. The third kappa shape index (κ3) is 9.08. The molecule has 0 unspecified atom stereocenters. The SMILES string of the molecule is BC1(CCC)CCCCCCCCCCCCCCC1. The van der Waals surface area contributed by atoms with Gasteiger partial charge in [0.25, 0.3) is 0 Å². The van der Waals surface area contributed by atoms with Crippen LogP contribution in [0.3, 0.4) is 0 Å². The van der Waals surface area contributed by atoms with Crippen LogP contribution < -0.4 is 0 Å². The summed E-state index contributed by atoms with van der Waals surface area (Å²) >= 11 is 0. The van der Waals surface area contributed by atoms with Crippen molar-refractivity contribution in [3.05, 3.63) is 0 Å². The Morgan fingerprint density at radius 2 is 0.900 bits per heavy atom. The summed E-state index contributed by atoms with van der Waals surface area (Å²) in [7, 11) is 2.57. The molecule has 1 aliphatic carbocycles. The van der Waals surface area contributed by atoms with E-state index in [1.807, 2.05) is 0 Å². The Hall–Kier alpha value is 0.0649. The molecule has 0 atom stereocenters. The van der Waals surface area contributed by atoms with E-state index < -0.39 is 0 Å². The van der Waals surface area contributed by atoms with E-state index in [2.05, 4.69) is 14.8 Å². The van der Waals surface area contributed by atoms with Crippen molar-refractivity contribution in [3.8, 4) is 0 Å². The molecule has 1 aliphatic rings. The molecule has 0 amide bonds. The Morgan fingerprint density at radius 3 is 1.20 bits per heavy atom. The van der Waals surface area contributed by atoms with Crippen LogP contribution in [-0.2, 0) is 0 Å². The fourth-order valence-electron chi connectivity index (χ4n) is 4.03. The molecule has 118 valence electrons. The van der Waals surface area contributed by atoms with E-state index in [0.29, 0.717) is 5.31 Å². The molecule has 0 aromatic carbocycles. The first-order valence-electron chi connectivity index (χ1n) is 9.77. The van der Waals surface area contributed by atoms with Crippen LogP contribution in [0.25, 0.3) is 0 Å². The van der Waals surface area contributed by atoms with Crippen molar-refractivity contribution in [2.24, 2.45) is 0 Å². The molecule has 0 bridgehead atoms. The zero-order valence-electron chi connectivity index (χ0n) is 14.5. The van der Waals surface area contributed by atoms with Gasteiger partial charge >= 0.3 is 0 Å². The predicted molar refractivity (Wildman–Crippen MR) is 95.4 cm³/mol. The van der Waals surface area contributed by atoms with E-state index in [1.54, 1.807) is 0 Å². The molecule has 1 fully saturated rings. The highest BCUT2D eigenvalue weighted by Gasteiger charge is 2.22. The second-order valence-corrected chi connectivity index (χ2v) is 7.66. The maximum Gasteiger partial charge on any atom is 0.109 e. The smallest absolute Gasteiger partial charge is 0.0654 e. The van der Waals surface area contributed by atoms with Crippen molar-refractivity contribution in [3.63, 3.8) is 0 Å². The summed E-state index contributed by atoms with van der Waals surface area (Å²) in [5.41, 5.74) is 0. The zero-order chi connectivity index (χ0) is 14.5. The van der Waals surface area contributed by atoms with Crippen LogP contribution in [0.5, 0.6) is 0 Å². The predicted octanol–water partition coefficient (Wildman–Crippen LogP) is 6.44. The van der Waals surface area contributed by atoms with Crippen molar-refractivity contribution in [1.82, 2.24) is 0 Å². The second-order valence-electron chi connectivity index (χ2n) is 7.66. The van der Waals surface area contributed by atoms with Crippen molar-refractivity contribution in [1.29, 1.82) is 0 Å². The first-order chi connectivity index (χ1) is 9.77. The molecule has 0 spiro atoms. The summed E-state index contributed by atoms with van der Waals surface area (Å²) in [6, 6.07) is 0. The fourth-order valence-corrected chi connectivity index (χ4v) is 4.03. The quantitative estimate of drug-likeness (QED) is 0.509. The third-order valence-corrected chi connectivity index (χ3v) is 5.41. The maximum absolute atomic E-state index is 2.57. The van der Waals surface area contributed by atoms with Crippen molar-refractivity contribution in [2.45, 2.75) is 121 Å². The minimum absolute atomic E-state index is 0.659. The van der Waals surface area contributed by atoms with Gasteiger partial charge in [0.1, 0.15) is 7.85 Å². The highest BCUT2D eigenvalue weighted by atomic mass is 14.2. The molecule has 0 radical (unpaired) electrons. The number of rotatable bonds is 2. The van der Waals surface area contributed by atoms with Gasteiger partial charge in [-0.3, -0.25) is 0 Å². The lowest BCUT2D eigenvalue weighted by atomic mass is 9.60. The average Bonchev–Trinajstić information content (AvgIpc) is 2.42. The number of hydrogen-bond acceptors (Lipinski definition) is 0. The van der Waals surface area contributed by atoms with Crippen molar-refractivity contribution < 1.29 is 0 Å². The van der Waals surface area contributed by atoms with E-state index >= 15 is 0 Å². The third-order valence-electron chi connectivity index (χ3n) is 5.41. The molecule has 0 aliphatic heterocycles. The van der Waals surface area contributed by atoms with Gasteiger partial charge in [-0.2, -0.15) is 0 Å². The van der Waals surface area contributed by atoms with E-state index in [-0.39, 0.29) is 0 Å². The Balaban J connectivity index is 2.31. The minimum atomic E-state index is 0.659. The summed E-state index contributed by atoms with van der Waals surface area (Å²) in [5.74, 6) is 0. The van der Waals surface area contributed by atoms with Gasteiger partial charge in [-0.25, -0.2) is 0 Å². The lowest BCUT2D eigenvalue weighted by Gasteiger charge is -2.30. The summed E-state index contributed by atoms with van der Waals surface area (Å²) in [6.45, 7) is 2.37. The highest BCUT2D eigenvalue weighted by molar-refractivity contribution is 6.15. The van der Waals surface area contributed by atoms with Crippen LogP contribution in [0.4, 0.5) is 0 Å². The molecule has 0 aromatic rings. The molecule has 1 rings (SSSR count). The summed E-state index contributed by atoms with van der Waals surface area (Å²) < 4.78 is 0. The number of hydrogen-bond donors (Lipinski definition) is 0. The fraction of sp³-hybridized carbons (Fsp3) is 1.00. The van der Waals surface area contributed by atoms with Gasteiger partial charge in [-0.05, 0) is 0 Å². The van der Waals surface area contributed by atoms with Crippen LogP contribution in [0.1, 0.15) is 116 Å². The van der Waals surface area contributed by atoms with Crippen molar-refractivity contribution >= 4 is 7.85 Å². The topological polar surface area (TPSA) is 0 Å². The Morgan fingerprint density at radius 1 is 0.600 bits per heavy atom.